The molecule has 1 amide bonds. The summed E-state index contributed by atoms with van der Waals surface area (Å²) in [6.07, 6.45) is 1.31. The number of rotatable bonds is 9. The van der Waals surface area contributed by atoms with Crippen LogP contribution in [0.25, 0.3) is 0 Å². The van der Waals surface area contributed by atoms with Crippen LogP contribution in [0.2, 0.25) is 0 Å². The van der Waals surface area contributed by atoms with Gasteiger partial charge in [-0.25, -0.2) is 5.43 Å². The summed E-state index contributed by atoms with van der Waals surface area (Å²) < 4.78 is 41.5. The minimum Gasteiger partial charge on any atom is -0.496 e. The number of para-hydroxylation sites is 1. The summed E-state index contributed by atoms with van der Waals surface area (Å²) in [6, 6.07) is 13.9. The van der Waals surface area contributed by atoms with Crippen LogP contribution in [0.3, 0.4) is 0 Å². The fourth-order valence-corrected chi connectivity index (χ4v) is 4.37. The van der Waals surface area contributed by atoms with E-state index in [1.165, 1.54) is 50.8 Å². The number of benzene rings is 3. The standard InChI is InChI=1S/C22H18BrN3O8S/c1-32-18-10-8-15(23)12-16(18)22(27)25-24-13-14-7-9-19(20(11-14)33-2)34-35(30,31)21-6-4-3-5-17(21)26(28)29/h3-13H,1-2H3,(H,25,27)/b24-13-. The fourth-order valence-electron chi connectivity index (χ4n) is 2.90. The van der Waals surface area contributed by atoms with Gasteiger partial charge in [-0.3, -0.25) is 14.9 Å². The predicted octanol–water partition coefficient (Wildman–Crippen LogP) is 3.91. The Morgan fingerprint density at radius 1 is 1.03 bits per heavy atom. The summed E-state index contributed by atoms with van der Waals surface area (Å²) in [6.45, 7) is 0. The average Bonchev–Trinajstić information content (AvgIpc) is 2.84. The molecule has 11 nitrogen and oxygen atoms in total. The number of carbonyl (C=O) groups is 1. The maximum atomic E-state index is 12.7. The van der Waals surface area contributed by atoms with E-state index in [-0.39, 0.29) is 17.1 Å². The minimum absolute atomic E-state index is 0.0242. The van der Waals surface area contributed by atoms with Crippen LogP contribution in [0.1, 0.15) is 15.9 Å². The molecule has 3 aromatic carbocycles. The van der Waals surface area contributed by atoms with Crippen molar-refractivity contribution < 1.29 is 31.8 Å². The van der Waals surface area contributed by atoms with Crippen LogP contribution in [0.5, 0.6) is 17.2 Å². The van der Waals surface area contributed by atoms with Crippen molar-refractivity contribution in [1.29, 1.82) is 0 Å². The number of nitro groups is 1. The molecule has 0 aliphatic heterocycles. The quantitative estimate of drug-likeness (QED) is 0.178. The van der Waals surface area contributed by atoms with Crippen LogP contribution in [0.15, 0.2) is 75.1 Å². The molecule has 3 aromatic rings. The zero-order chi connectivity index (χ0) is 25.6. The van der Waals surface area contributed by atoms with Gasteiger partial charge in [-0.2, -0.15) is 13.5 Å². The summed E-state index contributed by atoms with van der Waals surface area (Å²) in [5.41, 5.74) is 2.47. The Kier molecular flexibility index (Phi) is 8.04. The normalized spacial score (nSPS) is 11.2. The van der Waals surface area contributed by atoms with E-state index in [2.05, 4.69) is 26.5 Å². The maximum absolute atomic E-state index is 12.7. The number of nitro benzene ring substituents is 1. The van der Waals surface area contributed by atoms with Crippen molar-refractivity contribution in [1.82, 2.24) is 5.43 Å². The first-order valence-electron chi connectivity index (χ1n) is 9.69. The van der Waals surface area contributed by atoms with Gasteiger partial charge in [-0.1, -0.05) is 28.1 Å². The molecule has 0 atom stereocenters. The Labute approximate surface area is 208 Å². The molecule has 182 valence electrons. The molecule has 3 rings (SSSR count). The fraction of sp³-hybridized carbons (Fsp3) is 0.0909. The first-order valence-corrected chi connectivity index (χ1v) is 11.9. The molecule has 0 aliphatic carbocycles. The topological polar surface area (TPSA) is 146 Å². The second kappa shape index (κ2) is 11.0. The summed E-state index contributed by atoms with van der Waals surface area (Å²) in [5, 5.41) is 15.1. The molecule has 0 saturated heterocycles. The molecule has 0 unspecified atom stereocenters. The van der Waals surface area contributed by atoms with Gasteiger partial charge >= 0.3 is 10.1 Å². The number of methoxy groups -OCH3 is 2. The van der Waals surface area contributed by atoms with E-state index >= 15 is 0 Å². The molecule has 13 heteroatoms. The van der Waals surface area contributed by atoms with Gasteiger partial charge in [0, 0.05) is 10.5 Å². The van der Waals surface area contributed by atoms with E-state index in [0.717, 1.165) is 12.1 Å². The molecule has 0 saturated carbocycles. The predicted molar refractivity (Wildman–Crippen MR) is 130 cm³/mol. The van der Waals surface area contributed by atoms with E-state index in [1.54, 1.807) is 18.2 Å². The van der Waals surface area contributed by atoms with Crippen molar-refractivity contribution in [3.63, 3.8) is 0 Å². The zero-order valence-corrected chi connectivity index (χ0v) is 20.7. The number of halogens is 1. The monoisotopic (exact) mass is 563 g/mol. The second-order valence-electron chi connectivity index (χ2n) is 6.72. The van der Waals surface area contributed by atoms with E-state index in [9.17, 15) is 23.3 Å². The largest absolute Gasteiger partial charge is 0.496 e. The van der Waals surface area contributed by atoms with Gasteiger partial charge in [-0.05, 0) is 48.0 Å². The molecule has 0 bridgehead atoms. The number of hydrazone groups is 1. The van der Waals surface area contributed by atoms with Crippen molar-refractivity contribution in [2.75, 3.05) is 14.2 Å². The summed E-state index contributed by atoms with van der Waals surface area (Å²) in [5.74, 6) is -0.312. The van der Waals surface area contributed by atoms with Gasteiger partial charge in [0.2, 0.25) is 0 Å². The number of ether oxygens (including phenoxy) is 2. The summed E-state index contributed by atoms with van der Waals surface area (Å²) >= 11 is 3.29. The van der Waals surface area contributed by atoms with E-state index in [4.69, 9.17) is 13.7 Å². The molecule has 0 spiro atoms. The summed E-state index contributed by atoms with van der Waals surface area (Å²) in [4.78, 5) is 22.2. The SMILES string of the molecule is COc1cc(/C=N\NC(=O)c2cc(Br)ccc2OC)ccc1OS(=O)(=O)c1ccccc1[N+](=O)[O-]. The van der Waals surface area contributed by atoms with Crippen molar-refractivity contribution in [3.05, 3.63) is 86.4 Å². The van der Waals surface area contributed by atoms with E-state index < -0.39 is 31.5 Å². The van der Waals surface area contributed by atoms with Crippen LogP contribution >= 0.6 is 15.9 Å². The van der Waals surface area contributed by atoms with E-state index in [1.807, 2.05) is 0 Å². The Morgan fingerprint density at radius 2 is 1.71 bits per heavy atom. The van der Waals surface area contributed by atoms with Crippen LogP contribution in [0, 0.1) is 10.1 Å². The third-order valence-corrected chi connectivity index (χ3v) is 6.28. The number of hydrogen-bond acceptors (Lipinski definition) is 9. The molecule has 1 N–H and O–H groups in total. The third-order valence-electron chi connectivity index (χ3n) is 4.50. The maximum Gasteiger partial charge on any atom is 0.346 e. The van der Waals surface area contributed by atoms with Crippen LogP contribution in [0.4, 0.5) is 5.69 Å². The first kappa shape index (κ1) is 25.6. The molecular formula is C22H18BrN3O8S. The summed E-state index contributed by atoms with van der Waals surface area (Å²) in [7, 11) is -1.80. The second-order valence-corrected chi connectivity index (χ2v) is 9.15. The molecule has 0 radical (unpaired) electrons. The number of hydrogen-bond donors (Lipinski definition) is 1. The molecule has 35 heavy (non-hydrogen) atoms. The van der Waals surface area contributed by atoms with Gasteiger partial charge < -0.3 is 13.7 Å². The highest BCUT2D eigenvalue weighted by Gasteiger charge is 2.28. The average molecular weight is 564 g/mol. The third kappa shape index (κ3) is 6.13. The first-order chi connectivity index (χ1) is 16.7. The molecule has 0 fully saturated rings. The Bertz CT molecular complexity index is 1410. The number of nitrogens with one attached hydrogen (secondary N) is 1. The van der Waals surface area contributed by atoms with Gasteiger partial charge in [0.1, 0.15) is 5.75 Å². The smallest absolute Gasteiger partial charge is 0.346 e. The lowest BCUT2D eigenvalue weighted by Gasteiger charge is -2.11. The van der Waals surface area contributed by atoms with Crippen molar-refractivity contribution in [3.8, 4) is 17.2 Å². The molecule has 0 heterocycles. The molecule has 0 aliphatic rings. The van der Waals surface area contributed by atoms with Crippen LogP contribution < -0.4 is 19.1 Å². The van der Waals surface area contributed by atoms with Crippen molar-refractivity contribution >= 4 is 43.9 Å². The highest BCUT2D eigenvalue weighted by Crippen LogP contribution is 2.32. The number of carbonyl (C=O) groups excluding carboxylic acids is 1. The highest BCUT2D eigenvalue weighted by molar-refractivity contribution is 9.10. The van der Waals surface area contributed by atoms with E-state index in [0.29, 0.717) is 15.8 Å². The van der Waals surface area contributed by atoms with Gasteiger partial charge in [-0.15, -0.1) is 0 Å². The lowest BCUT2D eigenvalue weighted by atomic mass is 10.2. The lowest BCUT2D eigenvalue weighted by molar-refractivity contribution is -0.387. The number of amides is 1. The highest BCUT2D eigenvalue weighted by atomic mass is 79.9. The number of nitrogens with zero attached hydrogens (tertiary/aromatic N) is 2. The van der Waals surface area contributed by atoms with Crippen molar-refractivity contribution in [2.24, 2.45) is 5.10 Å². The Morgan fingerprint density at radius 3 is 2.40 bits per heavy atom. The molecular weight excluding hydrogens is 546 g/mol. The van der Waals surface area contributed by atoms with Crippen LogP contribution in [-0.4, -0.2) is 39.7 Å². The lowest BCUT2D eigenvalue weighted by Crippen LogP contribution is -2.18. The van der Waals surface area contributed by atoms with Gasteiger partial charge in [0.25, 0.3) is 11.6 Å². The van der Waals surface area contributed by atoms with Crippen molar-refractivity contribution in [2.45, 2.75) is 4.90 Å². The van der Waals surface area contributed by atoms with Crippen LogP contribution in [-0.2, 0) is 10.1 Å². The van der Waals surface area contributed by atoms with Gasteiger partial charge in [0.05, 0.1) is 30.9 Å². The minimum atomic E-state index is -4.53. The Balaban J connectivity index is 1.79. The molecule has 0 aromatic heterocycles. The Hall–Kier alpha value is -3.97. The zero-order valence-electron chi connectivity index (χ0n) is 18.3. The van der Waals surface area contributed by atoms with Gasteiger partial charge in [0.15, 0.2) is 16.4 Å².